The number of nitrogens with zero attached hydrogens (tertiary/aromatic N) is 5. The Morgan fingerprint density at radius 1 is 1.18 bits per heavy atom. The fourth-order valence-corrected chi connectivity index (χ4v) is 4.72. The van der Waals surface area contributed by atoms with Crippen LogP contribution in [0.15, 0.2) is 42.5 Å². The topological polar surface area (TPSA) is 102 Å². The van der Waals surface area contributed by atoms with Crippen LogP contribution in [0.4, 0.5) is 5.69 Å². The van der Waals surface area contributed by atoms with Gasteiger partial charge in [0.05, 0.1) is 6.10 Å². The van der Waals surface area contributed by atoms with Crippen LogP contribution in [0.3, 0.4) is 0 Å². The number of nitrogens with one attached hydrogen (secondary N) is 1. The molecule has 202 valence electrons. The lowest BCUT2D eigenvalue weighted by atomic mass is 9.99. The van der Waals surface area contributed by atoms with Gasteiger partial charge in [-0.05, 0) is 85.7 Å². The van der Waals surface area contributed by atoms with Crippen LogP contribution in [-0.2, 0) is 20.9 Å². The number of aryl methyl sites for hydroxylation is 2. The lowest BCUT2D eigenvalue weighted by molar-refractivity contribution is -0.127. The van der Waals surface area contributed by atoms with Gasteiger partial charge < -0.3 is 10.1 Å². The highest BCUT2D eigenvalue weighted by Crippen LogP contribution is 2.27. The number of amides is 2. The zero-order valence-electron chi connectivity index (χ0n) is 22.4. The highest BCUT2D eigenvalue weighted by molar-refractivity contribution is 6.30. The molecule has 2 atom stereocenters. The lowest BCUT2D eigenvalue weighted by Gasteiger charge is -2.33. The van der Waals surface area contributed by atoms with Crippen LogP contribution < -0.4 is 10.2 Å². The van der Waals surface area contributed by atoms with E-state index in [4.69, 9.17) is 16.3 Å². The van der Waals surface area contributed by atoms with E-state index < -0.39 is 6.04 Å². The Morgan fingerprint density at radius 3 is 2.63 bits per heavy atom. The fourth-order valence-electron chi connectivity index (χ4n) is 4.59. The van der Waals surface area contributed by atoms with Crippen molar-refractivity contribution in [3.05, 3.63) is 58.6 Å². The zero-order valence-corrected chi connectivity index (χ0v) is 23.1. The van der Waals surface area contributed by atoms with E-state index in [2.05, 4.69) is 20.7 Å². The minimum atomic E-state index is -0.705. The second-order valence-electron chi connectivity index (χ2n) is 10.2. The predicted molar refractivity (Wildman–Crippen MR) is 147 cm³/mol. The molecule has 0 aliphatic carbocycles. The Labute approximate surface area is 228 Å². The predicted octanol–water partition coefficient (Wildman–Crippen LogP) is 4.35. The van der Waals surface area contributed by atoms with Gasteiger partial charge in [-0.2, -0.15) is 4.80 Å². The molecule has 2 heterocycles. The van der Waals surface area contributed by atoms with Crippen LogP contribution in [-0.4, -0.2) is 57.3 Å². The van der Waals surface area contributed by atoms with Gasteiger partial charge in [-0.3, -0.25) is 14.5 Å². The maximum Gasteiger partial charge on any atom is 0.251 e. The van der Waals surface area contributed by atoms with Gasteiger partial charge in [-0.15, -0.1) is 10.2 Å². The van der Waals surface area contributed by atoms with Crippen molar-refractivity contribution in [2.75, 3.05) is 18.1 Å². The van der Waals surface area contributed by atoms with Crippen LogP contribution in [0.2, 0.25) is 5.02 Å². The molecule has 0 spiro atoms. The molecule has 0 unspecified atom stereocenters. The smallest absolute Gasteiger partial charge is 0.251 e. The first-order valence-electron chi connectivity index (χ1n) is 13.0. The van der Waals surface area contributed by atoms with Crippen molar-refractivity contribution < 1.29 is 14.3 Å². The van der Waals surface area contributed by atoms with E-state index in [0.717, 1.165) is 29.5 Å². The van der Waals surface area contributed by atoms with E-state index in [-0.39, 0.29) is 30.4 Å². The third-order valence-corrected chi connectivity index (χ3v) is 6.81. The third kappa shape index (κ3) is 6.96. The summed E-state index contributed by atoms with van der Waals surface area (Å²) in [6.45, 7) is 8.98. The molecular weight excluding hydrogens is 504 g/mol. The molecule has 3 aromatic rings. The Bertz CT molecular complexity index is 1250. The van der Waals surface area contributed by atoms with Gasteiger partial charge in [0.1, 0.15) is 12.6 Å². The Balaban J connectivity index is 1.62. The highest BCUT2D eigenvalue weighted by atomic mass is 35.5. The standard InChI is InChI=1S/C28H35ClN6O3/c1-18(2)14-25(28(37)30-16-23-6-5-13-38-23)35(24-15-19(3)7-8-20(24)4)26(36)17-34-32-27(31-33-34)21-9-11-22(29)12-10-21/h7-12,15,18,23,25H,5-6,13-14,16-17H2,1-4H3,(H,30,37)/t23-,25-/m1/s1. The Kier molecular flexibility index (Phi) is 9.12. The van der Waals surface area contributed by atoms with Crippen LogP contribution >= 0.6 is 11.6 Å². The molecular formula is C28H35ClN6O3. The van der Waals surface area contributed by atoms with E-state index in [0.29, 0.717) is 36.1 Å². The minimum absolute atomic E-state index is 0.00847. The average molecular weight is 539 g/mol. The van der Waals surface area contributed by atoms with Crippen molar-refractivity contribution in [2.45, 2.75) is 65.6 Å². The summed E-state index contributed by atoms with van der Waals surface area (Å²) in [6.07, 6.45) is 2.42. The van der Waals surface area contributed by atoms with Gasteiger partial charge in [0, 0.05) is 29.4 Å². The number of aromatic nitrogens is 4. The number of benzene rings is 2. The SMILES string of the molecule is Cc1ccc(C)c(N(C(=O)Cn2nnc(-c3ccc(Cl)cc3)n2)[C@H](CC(C)C)C(=O)NC[C@H]2CCCO2)c1. The minimum Gasteiger partial charge on any atom is -0.376 e. The molecule has 1 N–H and O–H groups in total. The van der Waals surface area contributed by atoms with E-state index in [9.17, 15) is 9.59 Å². The second-order valence-corrected chi connectivity index (χ2v) is 10.7. The van der Waals surface area contributed by atoms with Crippen LogP contribution in [0.5, 0.6) is 0 Å². The molecule has 1 saturated heterocycles. The van der Waals surface area contributed by atoms with Crippen molar-refractivity contribution in [1.82, 2.24) is 25.5 Å². The molecule has 1 aromatic heterocycles. The zero-order chi connectivity index (χ0) is 27.2. The molecule has 4 rings (SSSR count). The maximum absolute atomic E-state index is 13.9. The van der Waals surface area contributed by atoms with E-state index in [1.54, 1.807) is 29.2 Å². The number of tetrazole rings is 1. The highest BCUT2D eigenvalue weighted by Gasteiger charge is 2.33. The molecule has 2 amide bonds. The first kappa shape index (κ1) is 27.7. The van der Waals surface area contributed by atoms with Crippen molar-refractivity contribution in [2.24, 2.45) is 5.92 Å². The Hall–Kier alpha value is -3.30. The molecule has 1 aliphatic rings. The van der Waals surface area contributed by atoms with Gasteiger partial charge in [-0.25, -0.2) is 0 Å². The summed E-state index contributed by atoms with van der Waals surface area (Å²) in [4.78, 5) is 30.4. The molecule has 2 aromatic carbocycles. The van der Waals surface area contributed by atoms with E-state index in [1.807, 2.05) is 45.9 Å². The van der Waals surface area contributed by atoms with Crippen LogP contribution in [0.25, 0.3) is 11.4 Å². The van der Waals surface area contributed by atoms with Gasteiger partial charge >= 0.3 is 0 Å². The number of carbonyl (C=O) groups is 2. The molecule has 0 saturated carbocycles. The van der Waals surface area contributed by atoms with Crippen molar-refractivity contribution in [3.63, 3.8) is 0 Å². The summed E-state index contributed by atoms with van der Waals surface area (Å²) in [7, 11) is 0. The number of rotatable bonds is 10. The molecule has 10 heteroatoms. The molecule has 0 radical (unpaired) electrons. The van der Waals surface area contributed by atoms with Gasteiger partial charge in [0.15, 0.2) is 0 Å². The van der Waals surface area contributed by atoms with E-state index >= 15 is 0 Å². The van der Waals surface area contributed by atoms with Crippen LogP contribution in [0.1, 0.15) is 44.2 Å². The maximum atomic E-state index is 13.9. The summed E-state index contributed by atoms with van der Waals surface area (Å²) in [5.74, 6) is 0.0734. The van der Waals surface area contributed by atoms with Crippen molar-refractivity contribution in [1.29, 1.82) is 0 Å². The average Bonchev–Trinajstić information content (AvgIpc) is 3.57. The fraction of sp³-hybridized carbons (Fsp3) is 0.464. The third-order valence-electron chi connectivity index (χ3n) is 6.56. The van der Waals surface area contributed by atoms with Crippen LogP contribution in [0, 0.1) is 19.8 Å². The summed E-state index contributed by atoms with van der Waals surface area (Å²) in [5, 5.41) is 16.3. The number of ether oxygens (including phenoxy) is 1. The number of hydrogen-bond acceptors (Lipinski definition) is 6. The van der Waals surface area contributed by atoms with Gasteiger partial charge in [-0.1, -0.05) is 37.6 Å². The monoisotopic (exact) mass is 538 g/mol. The molecule has 1 aliphatic heterocycles. The first-order valence-corrected chi connectivity index (χ1v) is 13.4. The number of hydrogen-bond donors (Lipinski definition) is 1. The normalized spacial score (nSPS) is 16.0. The van der Waals surface area contributed by atoms with E-state index in [1.165, 1.54) is 4.80 Å². The lowest BCUT2D eigenvalue weighted by Crippen LogP contribution is -2.52. The summed E-state index contributed by atoms with van der Waals surface area (Å²) >= 11 is 5.99. The van der Waals surface area contributed by atoms with Crippen molar-refractivity contribution in [3.8, 4) is 11.4 Å². The van der Waals surface area contributed by atoms with Gasteiger partial charge in [0.2, 0.25) is 11.7 Å². The first-order chi connectivity index (χ1) is 18.2. The summed E-state index contributed by atoms with van der Waals surface area (Å²) < 4.78 is 5.69. The number of halogens is 1. The second kappa shape index (κ2) is 12.5. The number of carbonyl (C=O) groups excluding carboxylic acids is 2. The van der Waals surface area contributed by atoms with Crippen molar-refractivity contribution >= 4 is 29.1 Å². The molecule has 1 fully saturated rings. The molecule has 38 heavy (non-hydrogen) atoms. The quantitative estimate of drug-likeness (QED) is 0.411. The summed E-state index contributed by atoms with van der Waals surface area (Å²) in [5.41, 5.74) is 3.34. The Morgan fingerprint density at radius 2 is 1.95 bits per heavy atom. The molecule has 0 bridgehead atoms. The number of anilines is 1. The molecule has 9 nitrogen and oxygen atoms in total. The largest absolute Gasteiger partial charge is 0.376 e. The summed E-state index contributed by atoms with van der Waals surface area (Å²) in [6, 6.07) is 12.3. The van der Waals surface area contributed by atoms with Gasteiger partial charge in [0.25, 0.3) is 5.91 Å².